The second kappa shape index (κ2) is 7.02. The van der Waals surface area contributed by atoms with Gasteiger partial charge in [-0.05, 0) is 43.4 Å². The van der Waals surface area contributed by atoms with E-state index in [0.717, 1.165) is 21.4 Å². The van der Waals surface area contributed by atoms with Crippen molar-refractivity contribution in [1.82, 2.24) is 9.78 Å². The summed E-state index contributed by atoms with van der Waals surface area (Å²) in [6, 6.07) is 17.3. The van der Waals surface area contributed by atoms with Crippen molar-refractivity contribution in [2.24, 2.45) is 16.0 Å². The van der Waals surface area contributed by atoms with Crippen LogP contribution in [0.4, 0.5) is 11.4 Å². The van der Waals surface area contributed by atoms with Gasteiger partial charge in [-0.3, -0.25) is 0 Å². The predicted molar refractivity (Wildman–Crippen MR) is 103 cm³/mol. The minimum Gasteiger partial charge on any atom is -0.374 e. The maximum atomic E-state index is 5.75. The lowest BCUT2D eigenvalue weighted by atomic mass is 10.1. The predicted octanol–water partition coefficient (Wildman–Crippen LogP) is 5.13. The van der Waals surface area contributed by atoms with Crippen molar-refractivity contribution < 1.29 is 0 Å². The van der Waals surface area contributed by atoms with Crippen LogP contribution in [0.2, 0.25) is 0 Å². The molecule has 1 heterocycles. The molecular weight excluding hydrogens is 386 g/mol. The molecule has 24 heavy (non-hydrogen) atoms. The van der Waals surface area contributed by atoms with Crippen LogP contribution in [0.3, 0.4) is 0 Å². The quantitative estimate of drug-likeness (QED) is 0.490. The number of thiocarbonyl (C=S) groups is 1. The molecular formula is C17H14BrN5S. The van der Waals surface area contributed by atoms with Crippen LogP contribution in [-0.2, 0) is 0 Å². The van der Waals surface area contributed by atoms with Crippen LogP contribution in [0, 0.1) is 6.92 Å². The second-order valence-corrected chi connectivity index (χ2v) is 6.41. The van der Waals surface area contributed by atoms with Gasteiger partial charge in [0.25, 0.3) is 0 Å². The number of rotatable bonds is 3. The van der Waals surface area contributed by atoms with Gasteiger partial charge in [-0.15, -0.1) is 5.11 Å². The Bertz CT molecular complexity index is 901. The van der Waals surface area contributed by atoms with Crippen LogP contribution in [-0.4, -0.2) is 14.9 Å². The highest BCUT2D eigenvalue weighted by atomic mass is 79.9. The molecule has 2 aromatic carbocycles. The lowest BCUT2D eigenvalue weighted by Crippen LogP contribution is -2.21. The maximum absolute atomic E-state index is 5.75. The summed E-state index contributed by atoms with van der Waals surface area (Å²) >= 11 is 8.47. The number of azo groups is 1. The summed E-state index contributed by atoms with van der Waals surface area (Å²) < 4.78 is 2.50. The molecule has 0 saturated carbocycles. The minimum atomic E-state index is 0.176. The molecule has 0 saturated heterocycles. The highest BCUT2D eigenvalue weighted by molar-refractivity contribution is 9.10. The first-order valence-corrected chi connectivity index (χ1v) is 8.38. The van der Waals surface area contributed by atoms with Crippen molar-refractivity contribution in [2.45, 2.75) is 6.92 Å². The monoisotopic (exact) mass is 399 g/mol. The van der Waals surface area contributed by atoms with Crippen molar-refractivity contribution >= 4 is 44.6 Å². The van der Waals surface area contributed by atoms with Crippen molar-refractivity contribution in [2.75, 3.05) is 0 Å². The Morgan fingerprint density at radius 1 is 1.08 bits per heavy atom. The number of aromatic nitrogens is 2. The molecule has 5 nitrogen and oxygen atoms in total. The number of nitrogens with zero attached hydrogens (tertiary/aromatic N) is 4. The molecule has 0 unspecified atom stereocenters. The van der Waals surface area contributed by atoms with Crippen molar-refractivity contribution in [3.8, 4) is 11.3 Å². The normalized spacial score (nSPS) is 11.1. The number of hydrogen-bond donors (Lipinski definition) is 1. The van der Waals surface area contributed by atoms with Crippen molar-refractivity contribution in [1.29, 1.82) is 0 Å². The lowest BCUT2D eigenvalue weighted by Gasteiger charge is -1.99. The third kappa shape index (κ3) is 3.42. The van der Waals surface area contributed by atoms with E-state index in [-0.39, 0.29) is 5.11 Å². The number of hydrogen-bond acceptors (Lipinski definition) is 4. The van der Waals surface area contributed by atoms with Crippen LogP contribution in [0.25, 0.3) is 11.3 Å². The zero-order chi connectivity index (χ0) is 17.1. The smallest absolute Gasteiger partial charge is 0.191 e. The Labute approximate surface area is 153 Å². The molecule has 3 rings (SSSR count). The van der Waals surface area contributed by atoms with Gasteiger partial charge in [-0.1, -0.05) is 46.3 Å². The molecule has 0 aliphatic heterocycles. The van der Waals surface area contributed by atoms with Crippen molar-refractivity contribution in [3.05, 3.63) is 64.8 Å². The molecule has 1 aromatic heterocycles. The van der Waals surface area contributed by atoms with Crippen molar-refractivity contribution in [3.63, 3.8) is 0 Å². The standard InChI is InChI=1S/C17H14BrN5S/c1-11-15(21-20-14-9-7-13(18)8-10-14)16(22-23(11)17(19)24)12-5-3-2-4-6-12/h2-10H,1H3,(H2,19,24). The average molecular weight is 400 g/mol. The van der Waals surface area contributed by atoms with E-state index in [2.05, 4.69) is 31.3 Å². The van der Waals surface area contributed by atoms with E-state index >= 15 is 0 Å². The minimum absolute atomic E-state index is 0.176. The molecule has 0 radical (unpaired) electrons. The summed E-state index contributed by atoms with van der Waals surface area (Å²) in [5, 5.41) is 13.4. The zero-order valence-electron chi connectivity index (χ0n) is 12.8. The topological polar surface area (TPSA) is 68.6 Å². The van der Waals surface area contributed by atoms with E-state index in [1.165, 1.54) is 4.68 Å². The van der Waals surface area contributed by atoms with Crippen LogP contribution in [0.15, 0.2) is 69.3 Å². The molecule has 7 heteroatoms. The zero-order valence-corrected chi connectivity index (χ0v) is 15.3. The SMILES string of the molecule is Cc1c(N=Nc2ccc(Br)cc2)c(-c2ccccc2)nn1C(N)=S. The number of benzene rings is 2. The Kier molecular flexibility index (Phi) is 4.82. The van der Waals surface area contributed by atoms with Gasteiger partial charge in [0.2, 0.25) is 0 Å². The van der Waals surface area contributed by atoms with E-state index < -0.39 is 0 Å². The summed E-state index contributed by atoms with van der Waals surface area (Å²) in [6.45, 7) is 1.87. The fraction of sp³-hybridized carbons (Fsp3) is 0.0588. The third-order valence-electron chi connectivity index (χ3n) is 3.43. The highest BCUT2D eigenvalue weighted by Crippen LogP contribution is 2.33. The second-order valence-electron chi connectivity index (χ2n) is 5.08. The molecule has 0 spiro atoms. The molecule has 0 atom stereocenters. The molecule has 0 fully saturated rings. The summed E-state index contributed by atoms with van der Waals surface area (Å²) in [5.74, 6) is 0. The first kappa shape index (κ1) is 16.5. The van der Waals surface area contributed by atoms with Crippen LogP contribution < -0.4 is 5.73 Å². The van der Waals surface area contributed by atoms with Gasteiger partial charge >= 0.3 is 0 Å². The fourth-order valence-electron chi connectivity index (χ4n) is 2.23. The largest absolute Gasteiger partial charge is 0.374 e. The summed E-state index contributed by atoms with van der Waals surface area (Å²) in [5.41, 5.74) is 9.53. The summed E-state index contributed by atoms with van der Waals surface area (Å²) in [7, 11) is 0. The van der Waals surface area contributed by atoms with Gasteiger partial charge in [-0.2, -0.15) is 10.2 Å². The van der Waals surface area contributed by atoms with Crippen LogP contribution in [0.5, 0.6) is 0 Å². The molecule has 0 aliphatic rings. The lowest BCUT2D eigenvalue weighted by molar-refractivity contribution is 0.906. The molecule has 0 amide bonds. The van der Waals surface area contributed by atoms with Gasteiger partial charge < -0.3 is 5.73 Å². The number of halogens is 1. The maximum Gasteiger partial charge on any atom is 0.191 e. The van der Waals surface area contributed by atoms with Crippen LogP contribution >= 0.6 is 28.1 Å². The van der Waals surface area contributed by atoms with Gasteiger partial charge in [0.1, 0.15) is 11.4 Å². The first-order valence-electron chi connectivity index (χ1n) is 7.18. The fourth-order valence-corrected chi connectivity index (χ4v) is 2.68. The number of nitrogens with two attached hydrogens (primary N) is 1. The van der Waals surface area contributed by atoms with E-state index in [0.29, 0.717) is 11.4 Å². The van der Waals surface area contributed by atoms with Gasteiger partial charge in [0.05, 0.1) is 11.4 Å². The summed E-state index contributed by atoms with van der Waals surface area (Å²) in [6.07, 6.45) is 0. The van der Waals surface area contributed by atoms with E-state index in [1.807, 2.05) is 61.5 Å². The van der Waals surface area contributed by atoms with E-state index in [4.69, 9.17) is 18.0 Å². The third-order valence-corrected chi connectivity index (χ3v) is 4.13. The van der Waals surface area contributed by atoms with Gasteiger partial charge in [-0.25, -0.2) is 4.68 Å². The Balaban J connectivity index is 2.08. The van der Waals surface area contributed by atoms with Gasteiger partial charge in [0, 0.05) is 10.0 Å². The molecule has 3 aromatic rings. The Morgan fingerprint density at radius 2 is 1.75 bits per heavy atom. The van der Waals surface area contributed by atoms with E-state index in [9.17, 15) is 0 Å². The van der Waals surface area contributed by atoms with Crippen LogP contribution in [0.1, 0.15) is 5.69 Å². The van der Waals surface area contributed by atoms with E-state index in [1.54, 1.807) is 0 Å². The highest BCUT2D eigenvalue weighted by Gasteiger charge is 2.17. The Morgan fingerprint density at radius 3 is 2.38 bits per heavy atom. The average Bonchev–Trinajstić information content (AvgIpc) is 2.92. The van der Waals surface area contributed by atoms with Gasteiger partial charge in [0.15, 0.2) is 5.11 Å². The molecule has 0 bridgehead atoms. The molecule has 120 valence electrons. The Hall–Kier alpha value is -2.38. The molecule has 0 aliphatic carbocycles. The first-order chi connectivity index (χ1) is 11.6. The molecule has 2 N–H and O–H groups in total. The summed E-state index contributed by atoms with van der Waals surface area (Å²) in [4.78, 5) is 0.